The van der Waals surface area contributed by atoms with Gasteiger partial charge < -0.3 is 10.2 Å². The van der Waals surface area contributed by atoms with Gasteiger partial charge in [0, 0.05) is 11.1 Å². The largest absolute Gasteiger partial charge is 0.390 e. The summed E-state index contributed by atoms with van der Waals surface area (Å²) in [7, 11) is 0. The fourth-order valence-corrected chi connectivity index (χ4v) is 1.94. The van der Waals surface area contributed by atoms with E-state index in [4.69, 9.17) is 11.6 Å². The van der Waals surface area contributed by atoms with E-state index in [1.807, 2.05) is 0 Å². The standard InChI is InChI=1S/C11H14ClFO2S/c1-6-8(13)3-2-7(10(6)12)11(15)9(14)4-5-16/h2-3,9,11,14-16H,4-5H2,1H3. The average Bonchev–Trinajstić information content (AvgIpc) is 2.26. The van der Waals surface area contributed by atoms with E-state index in [0.717, 1.165) is 0 Å². The molecule has 2 nitrogen and oxygen atoms in total. The number of rotatable bonds is 4. The monoisotopic (exact) mass is 264 g/mol. The number of benzene rings is 1. The van der Waals surface area contributed by atoms with Crippen molar-refractivity contribution in [2.45, 2.75) is 25.6 Å². The molecule has 0 fully saturated rings. The molecule has 0 aliphatic carbocycles. The highest BCUT2D eigenvalue weighted by Crippen LogP contribution is 2.30. The number of hydrogen-bond donors (Lipinski definition) is 3. The van der Waals surface area contributed by atoms with Gasteiger partial charge in [-0.15, -0.1) is 0 Å². The van der Waals surface area contributed by atoms with E-state index < -0.39 is 18.0 Å². The molecule has 2 atom stereocenters. The van der Waals surface area contributed by atoms with Gasteiger partial charge in [-0.2, -0.15) is 12.6 Å². The van der Waals surface area contributed by atoms with Gasteiger partial charge in [-0.25, -0.2) is 4.39 Å². The quantitative estimate of drug-likeness (QED) is 0.732. The molecule has 0 aromatic heterocycles. The Labute approximate surface area is 104 Å². The second-order valence-corrected chi connectivity index (χ2v) is 4.43. The maximum atomic E-state index is 13.1. The van der Waals surface area contributed by atoms with Gasteiger partial charge in [0.25, 0.3) is 0 Å². The van der Waals surface area contributed by atoms with E-state index in [1.54, 1.807) is 0 Å². The molecule has 0 radical (unpaired) electrons. The molecule has 0 bridgehead atoms. The van der Waals surface area contributed by atoms with Crippen molar-refractivity contribution >= 4 is 24.2 Å². The van der Waals surface area contributed by atoms with Crippen molar-refractivity contribution in [3.05, 3.63) is 34.1 Å². The normalized spacial score (nSPS) is 14.9. The van der Waals surface area contributed by atoms with Gasteiger partial charge in [-0.1, -0.05) is 17.7 Å². The topological polar surface area (TPSA) is 40.5 Å². The Kier molecular flexibility index (Phi) is 5.05. The van der Waals surface area contributed by atoms with E-state index in [1.165, 1.54) is 19.1 Å². The van der Waals surface area contributed by atoms with Crippen LogP contribution in [0.4, 0.5) is 4.39 Å². The highest BCUT2D eigenvalue weighted by Gasteiger charge is 2.21. The molecule has 1 aromatic carbocycles. The summed E-state index contributed by atoms with van der Waals surface area (Å²) < 4.78 is 13.1. The van der Waals surface area contributed by atoms with Crippen molar-refractivity contribution < 1.29 is 14.6 Å². The lowest BCUT2D eigenvalue weighted by Gasteiger charge is -2.19. The molecule has 0 spiro atoms. The number of halogens is 2. The van der Waals surface area contributed by atoms with E-state index >= 15 is 0 Å². The molecular weight excluding hydrogens is 251 g/mol. The molecule has 0 heterocycles. The predicted molar refractivity (Wildman–Crippen MR) is 65.6 cm³/mol. The third-order valence-corrected chi connectivity index (χ3v) is 3.22. The summed E-state index contributed by atoms with van der Waals surface area (Å²) in [5.41, 5.74) is 0.617. The molecule has 0 aliphatic rings. The lowest BCUT2D eigenvalue weighted by molar-refractivity contribution is 0.0172. The van der Waals surface area contributed by atoms with E-state index in [2.05, 4.69) is 12.6 Å². The Morgan fingerprint density at radius 3 is 2.62 bits per heavy atom. The van der Waals surface area contributed by atoms with Crippen LogP contribution in [0.3, 0.4) is 0 Å². The van der Waals surface area contributed by atoms with Crippen molar-refractivity contribution in [2.75, 3.05) is 5.75 Å². The van der Waals surface area contributed by atoms with Crippen LogP contribution in [0.5, 0.6) is 0 Å². The van der Waals surface area contributed by atoms with Crippen molar-refractivity contribution in [1.82, 2.24) is 0 Å². The predicted octanol–water partition coefficient (Wildman–Crippen LogP) is 2.50. The van der Waals surface area contributed by atoms with Crippen molar-refractivity contribution in [3.63, 3.8) is 0 Å². The SMILES string of the molecule is Cc1c(F)ccc(C(O)C(O)CCS)c1Cl. The van der Waals surface area contributed by atoms with Crippen LogP contribution in [-0.4, -0.2) is 22.1 Å². The zero-order valence-electron chi connectivity index (χ0n) is 8.82. The molecule has 1 aromatic rings. The van der Waals surface area contributed by atoms with Gasteiger partial charge >= 0.3 is 0 Å². The molecule has 0 amide bonds. The zero-order valence-corrected chi connectivity index (χ0v) is 10.5. The molecule has 2 N–H and O–H groups in total. The number of aliphatic hydroxyl groups is 2. The minimum atomic E-state index is -1.11. The fourth-order valence-electron chi connectivity index (χ4n) is 1.41. The average molecular weight is 265 g/mol. The Morgan fingerprint density at radius 1 is 1.44 bits per heavy atom. The lowest BCUT2D eigenvalue weighted by atomic mass is 10.0. The molecule has 1 rings (SSSR count). The molecule has 0 saturated carbocycles. The number of aliphatic hydroxyl groups excluding tert-OH is 2. The summed E-state index contributed by atoms with van der Waals surface area (Å²) in [6, 6.07) is 2.62. The third-order valence-electron chi connectivity index (χ3n) is 2.46. The maximum Gasteiger partial charge on any atom is 0.127 e. The summed E-state index contributed by atoms with van der Waals surface area (Å²) in [5.74, 6) is 0.0281. The molecule has 16 heavy (non-hydrogen) atoms. The zero-order chi connectivity index (χ0) is 12.3. The molecular formula is C11H14ClFO2S. The van der Waals surface area contributed by atoms with E-state index in [9.17, 15) is 14.6 Å². The second-order valence-electron chi connectivity index (χ2n) is 3.60. The van der Waals surface area contributed by atoms with Crippen LogP contribution >= 0.6 is 24.2 Å². The van der Waals surface area contributed by atoms with Gasteiger partial charge in [0.1, 0.15) is 11.9 Å². The van der Waals surface area contributed by atoms with Crippen LogP contribution in [0.2, 0.25) is 5.02 Å². The van der Waals surface area contributed by atoms with Crippen molar-refractivity contribution in [2.24, 2.45) is 0 Å². The summed E-state index contributed by atoms with van der Waals surface area (Å²) in [6.07, 6.45) is -1.71. The molecule has 2 unspecified atom stereocenters. The summed E-state index contributed by atoms with van der Waals surface area (Å²) in [6.45, 7) is 1.53. The van der Waals surface area contributed by atoms with Gasteiger partial charge in [0.15, 0.2) is 0 Å². The Hall–Kier alpha value is -0.290. The van der Waals surface area contributed by atoms with Crippen LogP contribution < -0.4 is 0 Å². The van der Waals surface area contributed by atoms with Gasteiger partial charge in [0.05, 0.1) is 11.1 Å². The summed E-state index contributed by atoms with van der Waals surface area (Å²) >= 11 is 9.87. The molecule has 90 valence electrons. The Morgan fingerprint density at radius 2 is 2.06 bits per heavy atom. The minimum Gasteiger partial charge on any atom is -0.390 e. The molecule has 0 aliphatic heterocycles. The van der Waals surface area contributed by atoms with Crippen LogP contribution in [-0.2, 0) is 0 Å². The highest BCUT2D eigenvalue weighted by atomic mass is 35.5. The first-order chi connectivity index (χ1) is 7.49. The van der Waals surface area contributed by atoms with Gasteiger partial charge in [-0.05, 0) is 25.2 Å². The second kappa shape index (κ2) is 5.87. The van der Waals surface area contributed by atoms with E-state index in [-0.39, 0.29) is 10.6 Å². The van der Waals surface area contributed by atoms with Crippen LogP contribution in [0.1, 0.15) is 23.7 Å². The van der Waals surface area contributed by atoms with Crippen LogP contribution in [0.15, 0.2) is 12.1 Å². The highest BCUT2D eigenvalue weighted by molar-refractivity contribution is 7.80. The van der Waals surface area contributed by atoms with E-state index in [0.29, 0.717) is 17.7 Å². The summed E-state index contributed by atoms with van der Waals surface area (Å²) in [5, 5.41) is 19.6. The minimum absolute atomic E-state index is 0.158. The lowest BCUT2D eigenvalue weighted by Crippen LogP contribution is -2.19. The number of hydrogen-bond acceptors (Lipinski definition) is 3. The fraction of sp³-hybridized carbons (Fsp3) is 0.455. The first kappa shape index (κ1) is 13.8. The summed E-state index contributed by atoms with van der Waals surface area (Å²) in [4.78, 5) is 0. The van der Waals surface area contributed by atoms with Gasteiger partial charge in [-0.3, -0.25) is 0 Å². The first-order valence-electron chi connectivity index (χ1n) is 4.90. The third kappa shape index (κ3) is 2.88. The number of thiol groups is 1. The smallest absolute Gasteiger partial charge is 0.127 e. The molecule has 0 saturated heterocycles. The van der Waals surface area contributed by atoms with Gasteiger partial charge in [0.2, 0.25) is 0 Å². The molecule has 5 heteroatoms. The first-order valence-corrected chi connectivity index (χ1v) is 5.91. The van der Waals surface area contributed by atoms with Crippen LogP contribution in [0, 0.1) is 12.7 Å². The maximum absolute atomic E-state index is 13.1. The van der Waals surface area contributed by atoms with Crippen molar-refractivity contribution in [3.8, 4) is 0 Å². The Bertz CT molecular complexity index is 373. The van der Waals surface area contributed by atoms with Crippen LogP contribution in [0.25, 0.3) is 0 Å². The Balaban J connectivity index is 3.00. The van der Waals surface area contributed by atoms with Crippen molar-refractivity contribution in [1.29, 1.82) is 0 Å².